The molecule has 0 saturated heterocycles. The van der Waals surface area contributed by atoms with E-state index in [9.17, 15) is 0 Å². The van der Waals surface area contributed by atoms with Crippen LogP contribution < -0.4 is 0 Å². The normalized spacial score (nSPS) is 12.1. The lowest BCUT2D eigenvalue weighted by molar-refractivity contribution is 0.590. The summed E-state index contributed by atoms with van der Waals surface area (Å²) < 4.78 is 2.19. The summed E-state index contributed by atoms with van der Waals surface area (Å²) in [6.45, 7) is 6.67. The fourth-order valence-corrected chi connectivity index (χ4v) is 3.86. The Bertz CT molecular complexity index is 1340. The minimum Gasteiger partial charge on any atom is -0.345 e. The molecule has 5 aromatic rings. The van der Waals surface area contributed by atoms with Gasteiger partial charge in [0, 0.05) is 16.3 Å². The van der Waals surface area contributed by atoms with Crippen LogP contribution in [0, 0.1) is 0 Å². The molecule has 1 N–H and O–H groups in total. The summed E-state index contributed by atoms with van der Waals surface area (Å²) in [5.41, 5.74) is 7.31. The summed E-state index contributed by atoms with van der Waals surface area (Å²) >= 11 is 6.24. The molecule has 0 atom stereocenters. The number of H-pyrrole nitrogens is 1. The van der Waals surface area contributed by atoms with Crippen LogP contribution in [-0.4, -0.2) is 19.5 Å². The molecule has 2 aromatic heterocycles. The summed E-state index contributed by atoms with van der Waals surface area (Å²) in [5.74, 6) is 0.871. The van der Waals surface area contributed by atoms with E-state index in [1.807, 2.05) is 24.3 Å². The number of halogens is 1. The molecule has 4 nitrogen and oxygen atoms in total. The van der Waals surface area contributed by atoms with Gasteiger partial charge in [0.15, 0.2) is 0 Å². The van der Waals surface area contributed by atoms with Gasteiger partial charge in [-0.1, -0.05) is 44.5 Å². The van der Waals surface area contributed by atoms with Gasteiger partial charge in [-0.3, -0.25) is 4.57 Å². The third kappa shape index (κ3) is 3.10. The van der Waals surface area contributed by atoms with Crippen molar-refractivity contribution in [3.05, 3.63) is 77.6 Å². The molecule has 0 radical (unpaired) electrons. The van der Waals surface area contributed by atoms with E-state index in [0.717, 1.165) is 39.1 Å². The van der Waals surface area contributed by atoms with Crippen LogP contribution in [-0.2, 0) is 5.41 Å². The van der Waals surface area contributed by atoms with Gasteiger partial charge in [-0.25, -0.2) is 9.97 Å². The van der Waals surface area contributed by atoms with Gasteiger partial charge in [0.1, 0.15) is 5.82 Å². The Labute approximate surface area is 174 Å². The average Bonchev–Trinajstić information content (AvgIpc) is 3.30. The summed E-state index contributed by atoms with van der Waals surface area (Å²) in [5, 5.41) is 0.680. The number of rotatable bonds is 2. The summed E-state index contributed by atoms with van der Waals surface area (Å²) in [4.78, 5) is 12.5. The third-order valence-corrected chi connectivity index (χ3v) is 5.52. The van der Waals surface area contributed by atoms with Crippen molar-refractivity contribution < 1.29 is 0 Å². The number of hydrogen-bond donors (Lipinski definition) is 1. The Kier molecular flexibility index (Phi) is 4.00. The van der Waals surface area contributed by atoms with E-state index < -0.39 is 0 Å². The van der Waals surface area contributed by atoms with Gasteiger partial charge in [0.2, 0.25) is 0 Å². The van der Waals surface area contributed by atoms with Crippen molar-refractivity contribution in [3.63, 3.8) is 0 Å². The second-order valence-corrected chi connectivity index (χ2v) is 8.77. The van der Waals surface area contributed by atoms with E-state index in [4.69, 9.17) is 16.6 Å². The maximum atomic E-state index is 6.24. The number of imidazole rings is 2. The quantitative estimate of drug-likeness (QED) is 0.366. The zero-order valence-electron chi connectivity index (χ0n) is 16.6. The Morgan fingerprint density at radius 3 is 2.45 bits per heavy atom. The number of aromatic amines is 1. The van der Waals surface area contributed by atoms with E-state index in [0.29, 0.717) is 5.02 Å². The summed E-state index contributed by atoms with van der Waals surface area (Å²) in [6, 6.07) is 20.7. The molecule has 0 spiro atoms. The van der Waals surface area contributed by atoms with Gasteiger partial charge in [0.25, 0.3) is 0 Å². The average molecular weight is 401 g/mol. The van der Waals surface area contributed by atoms with Gasteiger partial charge in [-0.2, -0.15) is 0 Å². The highest BCUT2D eigenvalue weighted by molar-refractivity contribution is 6.31. The summed E-state index contributed by atoms with van der Waals surface area (Å²) in [6.07, 6.45) is 1.71. The van der Waals surface area contributed by atoms with Crippen molar-refractivity contribution in [3.8, 4) is 17.1 Å². The van der Waals surface area contributed by atoms with Crippen molar-refractivity contribution in [1.29, 1.82) is 0 Å². The van der Waals surface area contributed by atoms with E-state index in [1.54, 1.807) is 6.33 Å². The molecule has 5 heteroatoms. The van der Waals surface area contributed by atoms with E-state index >= 15 is 0 Å². The molecule has 0 aliphatic rings. The standard InChI is InChI=1S/C24H21ClN4/c1-24(2,3)16-5-8-18(9-6-16)29-22-11-7-17(25)13-21(22)28-23(29)15-4-10-19-20(12-15)27-14-26-19/h4-14H,1-3H3,(H,26,27). The fraction of sp³-hybridized carbons (Fsp3) is 0.167. The highest BCUT2D eigenvalue weighted by atomic mass is 35.5. The lowest BCUT2D eigenvalue weighted by Crippen LogP contribution is -2.11. The zero-order valence-corrected chi connectivity index (χ0v) is 17.3. The second-order valence-electron chi connectivity index (χ2n) is 8.34. The van der Waals surface area contributed by atoms with Gasteiger partial charge in [-0.05, 0) is 59.5 Å². The first-order valence-corrected chi connectivity index (χ1v) is 10.0. The maximum absolute atomic E-state index is 6.24. The van der Waals surface area contributed by atoms with Gasteiger partial charge >= 0.3 is 0 Å². The monoisotopic (exact) mass is 400 g/mol. The highest BCUT2D eigenvalue weighted by Gasteiger charge is 2.17. The zero-order chi connectivity index (χ0) is 20.2. The fourth-order valence-electron chi connectivity index (χ4n) is 3.69. The molecule has 0 unspecified atom stereocenters. The lowest BCUT2D eigenvalue weighted by Gasteiger charge is -2.19. The van der Waals surface area contributed by atoms with Crippen LogP contribution in [0.5, 0.6) is 0 Å². The molecular formula is C24H21ClN4. The van der Waals surface area contributed by atoms with Crippen LogP contribution >= 0.6 is 11.6 Å². The van der Waals surface area contributed by atoms with E-state index in [-0.39, 0.29) is 5.41 Å². The number of fused-ring (bicyclic) bond motifs is 2. The Hall–Kier alpha value is -3.11. The minimum absolute atomic E-state index is 0.108. The van der Waals surface area contributed by atoms with Crippen LogP contribution in [0.4, 0.5) is 0 Å². The molecule has 0 fully saturated rings. The van der Waals surface area contributed by atoms with Gasteiger partial charge in [0.05, 0.1) is 28.4 Å². The predicted molar refractivity (Wildman–Crippen MR) is 120 cm³/mol. The molecular weight excluding hydrogens is 380 g/mol. The largest absolute Gasteiger partial charge is 0.345 e. The van der Waals surface area contributed by atoms with Crippen molar-refractivity contribution in [2.45, 2.75) is 26.2 Å². The summed E-state index contributed by atoms with van der Waals surface area (Å²) in [7, 11) is 0. The number of nitrogens with one attached hydrogen (secondary N) is 1. The molecule has 0 saturated carbocycles. The first-order valence-electron chi connectivity index (χ1n) is 9.62. The molecule has 0 aliphatic heterocycles. The number of benzene rings is 3. The smallest absolute Gasteiger partial charge is 0.145 e. The van der Waals surface area contributed by atoms with Crippen LogP contribution in [0.2, 0.25) is 5.02 Å². The topological polar surface area (TPSA) is 46.5 Å². The Morgan fingerprint density at radius 2 is 1.69 bits per heavy atom. The van der Waals surface area contributed by atoms with Crippen molar-refractivity contribution in [2.24, 2.45) is 0 Å². The second kappa shape index (κ2) is 6.46. The Morgan fingerprint density at radius 1 is 0.897 bits per heavy atom. The number of aromatic nitrogens is 4. The molecule has 0 amide bonds. The highest BCUT2D eigenvalue weighted by Crippen LogP contribution is 2.32. The van der Waals surface area contributed by atoms with Crippen LogP contribution in [0.25, 0.3) is 39.1 Å². The van der Waals surface area contributed by atoms with Crippen LogP contribution in [0.3, 0.4) is 0 Å². The Balaban J connectivity index is 1.75. The molecule has 0 aliphatic carbocycles. The predicted octanol–water partition coefficient (Wildman–Crippen LogP) is 6.52. The van der Waals surface area contributed by atoms with Crippen LogP contribution in [0.1, 0.15) is 26.3 Å². The molecule has 5 rings (SSSR count). The first-order chi connectivity index (χ1) is 13.9. The maximum Gasteiger partial charge on any atom is 0.145 e. The minimum atomic E-state index is 0.108. The first kappa shape index (κ1) is 18.0. The number of hydrogen-bond acceptors (Lipinski definition) is 2. The van der Waals surface area contributed by atoms with Crippen LogP contribution in [0.15, 0.2) is 67.0 Å². The van der Waals surface area contributed by atoms with Crippen molar-refractivity contribution in [1.82, 2.24) is 19.5 Å². The number of nitrogens with zero attached hydrogens (tertiary/aromatic N) is 3. The van der Waals surface area contributed by atoms with E-state index in [2.05, 4.69) is 71.7 Å². The molecule has 0 bridgehead atoms. The SMILES string of the molecule is CC(C)(C)c1ccc(-n2c(-c3ccc4[nH]cnc4c3)nc3cc(Cl)ccc32)cc1. The molecule has 2 heterocycles. The van der Waals surface area contributed by atoms with E-state index in [1.165, 1.54) is 5.56 Å². The molecule has 29 heavy (non-hydrogen) atoms. The third-order valence-electron chi connectivity index (χ3n) is 5.29. The van der Waals surface area contributed by atoms with Gasteiger partial charge < -0.3 is 4.98 Å². The van der Waals surface area contributed by atoms with Crippen molar-refractivity contribution >= 4 is 33.7 Å². The molecule has 144 valence electrons. The molecule has 3 aromatic carbocycles. The van der Waals surface area contributed by atoms with Gasteiger partial charge in [-0.15, -0.1) is 0 Å². The van der Waals surface area contributed by atoms with Crippen molar-refractivity contribution in [2.75, 3.05) is 0 Å². The lowest BCUT2D eigenvalue weighted by atomic mass is 9.87.